The third-order valence-electron chi connectivity index (χ3n) is 4.94. The Morgan fingerprint density at radius 1 is 1.27 bits per heavy atom. The highest BCUT2D eigenvalue weighted by molar-refractivity contribution is 7.09. The molecular weight excluding hydrogens is 400 g/mol. The van der Waals surface area contributed by atoms with Crippen molar-refractivity contribution in [2.24, 2.45) is 5.92 Å². The Kier molecular flexibility index (Phi) is 6.94. The van der Waals surface area contributed by atoms with Gasteiger partial charge >= 0.3 is 0 Å². The number of rotatable bonds is 11. The molecule has 1 aliphatic rings. The molecule has 0 aliphatic carbocycles. The molecule has 0 amide bonds. The summed E-state index contributed by atoms with van der Waals surface area (Å²) in [6.07, 6.45) is 8.86. The molecule has 2 aromatic heterocycles. The molecule has 2 unspecified atom stereocenters. The van der Waals surface area contributed by atoms with Gasteiger partial charge in [0.05, 0.1) is 0 Å². The van der Waals surface area contributed by atoms with Crippen LogP contribution in [0.5, 0.6) is 0 Å². The molecule has 8 nitrogen and oxygen atoms in total. The van der Waals surface area contributed by atoms with Crippen LogP contribution < -0.4 is 10.6 Å². The van der Waals surface area contributed by atoms with Crippen molar-refractivity contribution in [2.45, 2.75) is 25.8 Å². The lowest BCUT2D eigenvalue weighted by atomic mass is 9.97. The molecule has 3 heterocycles. The number of ether oxygens (including phenoxy) is 2. The molecule has 0 radical (unpaired) electrons. The third kappa shape index (κ3) is 5.58. The van der Waals surface area contributed by atoms with Crippen molar-refractivity contribution in [3.8, 4) is 5.95 Å². The fourth-order valence-electron chi connectivity index (χ4n) is 3.25. The van der Waals surface area contributed by atoms with E-state index in [9.17, 15) is 0 Å². The number of anilines is 1. The van der Waals surface area contributed by atoms with Gasteiger partial charge in [-0.3, -0.25) is 4.57 Å². The van der Waals surface area contributed by atoms with Crippen molar-refractivity contribution in [1.82, 2.24) is 24.2 Å². The van der Waals surface area contributed by atoms with Crippen LogP contribution in [0.3, 0.4) is 0 Å². The molecule has 158 valence electrons. The first-order valence-corrected chi connectivity index (χ1v) is 10.8. The summed E-state index contributed by atoms with van der Waals surface area (Å²) in [5.41, 5.74) is 1.29. The molecule has 0 saturated carbocycles. The molecule has 2 atom stereocenters. The van der Waals surface area contributed by atoms with E-state index in [-0.39, 0.29) is 5.92 Å². The van der Waals surface area contributed by atoms with Crippen molar-refractivity contribution in [3.63, 3.8) is 0 Å². The van der Waals surface area contributed by atoms with Crippen LogP contribution in [0.15, 0.2) is 61.1 Å². The van der Waals surface area contributed by atoms with Crippen LogP contribution in [0.25, 0.3) is 5.95 Å². The predicted octanol–water partition coefficient (Wildman–Crippen LogP) is 3.21. The molecule has 1 aliphatic heterocycles. The van der Waals surface area contributed by atoms with E-state index in [4.69, 9.17) is 9.47 Å². The van der Waals surface area contributed by atoms with Crippen molar-refractivity contribution in [3.05, 3.63) is 66.6 Å². The van der Waals surface area contributed by atoms with E-state index in [0.717, 1.165) is 36.8 Å². The van der Waals surface area contributed by atoms with E-state index >= 15 is 0 Å². The standard InChI is InChI=1S/C21H26N6O2S/c1-16(7-8-23-21-25-20(26-30-21)27-10-9-22-14-27)24-12-18(19-13-28-15-29-19)11-17-5-3-2-4-6-17/h2-6,9-10,13-14,16,18,24H,7-8,11-12,15H2,1H3,(H,23,25,26). The van der Waals surface area contributed by atoms with Crippen molar-refractivity contribution < 1.29 is 9.47 Å². The summed E-state index contributed by atoms with van der Waals surface area (Å²) in [5, 5.41) is 7.80. The van der Waals surface area contributed by atoms with Crippen LogP contribution in [0.4, 0.5) is 5.13 Å². The highest BCUT2D eigenvalue weighted by atomic mass is 32.1. The second kappa shape index (κ2) is 10.2. The van der Waals surface area contributed by atoms with Gasteiger partial charge in [-0.2, -0.15) is 9.36 Å². The van der Waals surface area contributed by atoms with Gasteiger partial charge in [0.25, 0.3) is 0 Å². The fraction of sp³-hybridized carbons (Fsp3) is 0.381. The average molecular weight is 427 g/mol. The fourth-order valence-corrected chi connectivity index (χ4v) is 3.84. The summed E-state index contributed by atoms with van der Waals surface area (Å²) >= 11 is 1.36. The highest BCUT2D eigenvalue weighted by Gasteiger charge is 2.21. The summed E-state index contributed by atoms with van der Waals surface area (Å²) < 4.78 is 17.1. The highest BCUT2D eigenvalue weighted by Crippen LogP contribution is 2.22. The van der Waals surface area contributed by atoms with E-state index in [2.05, 4.69) is 56.2 Å². The Bertz CT molecular complexity index is 928. The molecule has 4 rings (SSSR count). The van der Waals surface area contributed by atoms with Gasteiger partial charge in [-0.15, -0.1) is 0 Å². The lowest BCUT2D eigenvalue weighted by Crippen LogP contribution is -2.34. The van der Waals surface area contributed by atoms with Crippen molar-refractivity contribution >= 4 is 16.7 Å². The predicted molar refractivity (Wildman–Crippen MR) is 116 cm³/mol. The molecule has 0 saturated heterocycles. The number of imidazole rings is 1. The molecule has 9 heteroatoms. The number of benzene rings is 1. The molecule has 0 fully saturated rings. The van der Waals surface area contributed by atoms with Crippen LogP contribution in [0.1, 0.15) is 18.9 Å². The maximum Gasteiger partial charge on any atom is 0.248 e. The van der Waals surface area contributed by atoms with Gasteiger partial charge in [0.1, 0.15) is 18.3 Å². The van der Waals surface area contributed by atoms with Crippen LogP contribution in [0.2, 0.25) is 0 Å². The summed E-state index contributed by atoms with van der Waals surface area (Å²) in [5.74, 6) is 1.80. The Balaban J connectivity index is 1.23. The van der Waals surface area contributed by atoms with E-state index in [1.807, 2.05) is 12.3 Å². The number of nitrogens with zero attached hydrogens (tertiary/aromatic N) is 4. The van der Waals surface area contributed by atoms with Crippen molar-refractivity contribution in [1.29, 1.82) is 0 Å². The maximum absolute atomic E-state index is 5.66. The van der Waals surface area contributed by atoms with Gasteiger partial charge in [0.15, 0.2) is 0 Å². The third-order valence-corrected chi connectivity index (χ3v) is 5.60. The summed E-state index contributed by atoms with van der Waals surface area (Å²) in [6, 6.07) is 10.8. The Hall–Kier alpha value is -2.91. The minimum Gasteiger partial charge on any atom is -0.462 e. The van der Waals surface area contributed by atoms with Crippen LogP contribution in [0, 0.1) is 5.92 Å². The molecule has 3 aromatic rings. The smallest absolute Gasteiger partial charge is 0.248 e. The summed E-state index contributed by atoms with van der Waals surface area (Å²) in [7, 11) is 0. The molecule has 30 heavy (non-hydrogen) atoms. The first kappa shape index (κ1) is 20.4. The molecule has 0 bridgehead atoms. The monoisotopic (exact) mass is 426 g/mol. The van der Waals surface area contributed by atoms with Gasteiger partial charge in [-0.05, 0) is 25.3 Å². The molecule has 0 spiro atoms. The number of hydrogen-bond donors (Lipinski definition) is 2. The zero-order chi connectivity index (χ0) is 20.6. The van der Waals surface area contributed by atoms with Gasteiger partial charge in [-0.1, -0.05) is 30.3 Å². The zero-order valence-corrected chi connectivity index (χ0v) is 17.7. The van der Waals surface area contributed by atoms with E-state index < -0.39 is 0 Å². The number of hydrogen-bond acceptors (Lipinski definition) is 8. The lowest BCUT2D eigenvalue weighted by Gasteiger charge is -2.21. The first-order chi connectivity index (χ1) is 14.8. The molecule has 2 N–H and O–H groups in total. The normalized spacial score (nSPS) is 15.2. The van der Waals surface area contributed by atoms with Crippen LogP contribution in [-0.2, 0) is 15.9 Å². The van der Waals surface area contributed by atoms with Gasteiger partial charge in [0.2, 0.25) is 17.9 Å². The summed E-state index contributed by atoms with van der Waals surface area (Å²) in [4.78, 5) is 8.50. The topological polar surface area (TPSA) is 86.1 Å². The largest absolute Gasteiger partial charge is 0.462 e. The Labute approximate surface area is 180 Å². The average Bonchev–Trinajstić information content (AvgIpc) is 3.54. The number of aromatic nitrogens is 4. The maximum atomic E-state index is 5.66. The van der Waals surface area contributed by atoms with Crippen LogP contribution >= 0.6 is 11.5 Å². The van der Waals surface area contributed by atoms with E-state index in [1.54, 1.807) is 23.4 Å². The SMILES string of the molecule is CC(CCNc1nc(-n2ccnc2)ns1)NCC(Cc1ccccc1)C1=COCO1. The second-order valence-corrected chi connectivity index (χ2v) is 7.98. The number of nitrogens with one attached hydrogen (secondary N) is 2. The van der Waals surface area contributed by atoms with Gasteiger partial charge in [-0.25, -0.2) is 4.98 Å². The summed E-state index contributed by atoms with van der Waals surface area (Å²) in [6.45, 7) is 4.15. The first-order valence-electron chi connectivity index (χ1n) is 10.1. The minimum atomic E-state index is 0.242. The van der Waals surface area contributed by atoms with Crippen LogP contribution in [-0.4, -0.2) is 44.8 Å². The van der Waals surface area contributed by atoms with Gasteiger partial charge < -0.3 is 20.1 Å². The Morgan fingerprint density at radius 2 is 2.17 bits per heavy atom. The quantitative estimate of drug-likeness (QED) is 0.487. The Morgan fingerprint density at radius 3 is 2.93 bits per heavy atom. The van der Waals surface area contributed by atoms with Crippen molar-refractivity contribution in [2.75, 3.05) is 25.2 Å². The zero-order valence-electron chi connectivity index (χ0n) is 16.9. The lowest BCUT2D eigenvalue weighted by molar-refractivity contribution is 0.0701. The minimum absolute atomic E-state index is 0.242. The van der Waals surface area contributed by atoms with Gasteiger partial charge in [0, 0.05) is 49.0 Å². The van der Waals surface area contributed by atoms with E-state index in [1.165, 1.54) is 17.1 Å². The van der Waals surface area contributed by atoms with E-state index in [0.29, 0.717) is 18.8 Å². The molecule has 1 aromatic carbocycles. The second-order valence-electron chi connectivity index (χ2n) is 7.23. The molecular formula is C21H26N6O2S.